The van der Waals surface area contributed by atoms with Crippen molar-refractivity contribution in [2.75, 3.05) is 26.7 Å². The summed E-state index contributed by atoms with van der Waals surface area (Å²) in [4.78, 5) is 68.4. The Balaban J connectivity index is 1.14. The molecule has 1 aromatic carbocycles. The molecule has 3 aliphatic heterocycles. The third kappa shape index (κ3) is 8.77. The van der Waals surface area contributed by atoms with Gasteiger partial charge < -0.3 is 29.9 Å². The molecule has 61 heavy (non-hydrogen) atoms. The highest BCUT2D eigenvalue weighted by molar-refractivity contribution is 7.91. The molecule has 5 heterocycles. The predicted octanol–water partition coefficient (Wildman–Crippen LogP) is 5.18. The number of carbonyl (C=O) groups is 4. The number of nitrogens with one attached hydrogen (secondary N) is 3. The van der Waals surface area contributed by atoms with E-state index < -0.39 is 87.7 Å². The van der Waals surface area contributed by atoms with E-state index in [2.05, 4.69) is 29.2 Å². The fourth-order valence-electron chi connectivity index (χ4n) is 8.40. The molecule has 2 aliphatic carbocycles. The number of pyridine rings is 1. The Hall–Kier alpha value is -4.91. The molecule has 5 amide bonds. The minimum absolute atomic E-state index is 0.0296. The highest BCUT2D eigenvalue weighted by Gasteiger charge is 2.62. The zero-order valence-corrected chi connectivity index (χ0v) is 36.2. The summed E-state index contributed by atoms with van der Waals surface area (Å²) in [6, 6.07) is 2.22. The SMILES string of the molecule is COc1ccc2c(O[C@@H]3CC4C(=O)NC5(C(=O)NS(=O)(=O)C6CC6)C[C@H]5/C=C\CCCCC[C@H](NC(=O)N5CC(F)(F)C5)C(=O)N4C3)cc(-c3nc(C(C)C)cs3)nc2c1C. The van der Waals surface area contributed by atoms with Crippen molar-refractivity contribution in [1.82, 2.24) is 35.1 Å². The fraction of sp³-hybridized carbons (Fsp3) is 0.571. The number of hydrogen-bond donors (Lipinski definition) is 3. The number of nitrogens with zero attached hydrogens (tertiary/aromatic N) is 4. The number of ether oxygens (including phenoxy) is 2. The van der Waals surface area contributed by atoms with E-state index >= 15 is 0 Å². The Morgan fingerprint density at radius 2 is 1.84 bits per heavy atom. The lowest BCUT2D eigenvalue weighted by Crippen LogP contribution is -2.63. The number of halogens is 2. The van der Waals surface area contributed by atoms with Gasteiger partial charge in [-0.1, -0.05) is 38.8 Å². The van der Waals surface area contributed by atoms with Crippen LogP contribution in [-0.2, 0) is 24.4 Å². The minimum atomic E-state index is -3.95. The van der Waals surface area contributed by atoms with Crippen LogP contribution in [0.5, 0.6) is 11.5 Å². The second-order valence-electron chi connectivity index (χ2n) is 17.2. The first-order chi connectivity index (χ1) is 29.0. The molecule has 2 saturated heterocycles. The number of benzene rings is 1. The summed E-state index contributed by atoms with van der Waals surface area (Å²) in [5.74, 6) is -4.41. The second kappa shape index (κ2) is 16.4. The monoisotopic (exact) mass is 883 g/mol. The summed E-state index contributed by atoms with van der Waals surface area (Å²) in [6.45, 7) is 4.34. The summed E-state index contributed by atoms with van der Waals surface area (Å²) < 4.78 is 68.0. The van der Waals surface area contributed by atoms with Crippen molar-refractivity contribution in [1.29, 1.82) is 0 Å². The normalized spacial score (nSPS) is 27.2. The number of rotatable bonds is 9. The third-order valence-corrected chi connectivity index (χ3v) is 15.0. The molecule has 5 atom stereocenters. The number of carbonyl (C=O) groups excluding carboxylic acids is 4. The number of likely N-dealkylation sites (tertiary alicyclic amines) is 1. The molecular weight excluding hydrogens is 833 g/mol. The van der Waals surface area contributed by atoms with E-state index in [0.717, 1.165) is 16.2 Å². The summed E-state index contributed by atoms with van der Waals surface area (Å²) in [7, 11) is -2.38. The third-order valence-electron chi connectivity index (χ3n) is 12.3. The lowest BCUT2D eigenvalue weighted by atomic mass is 10.0. The molecule has 8 rings (SSSR count). The fourth-order valence-corrected chi connectivity index (χ4v) is 10.7. The standard InChI is InChI=1S/C42H51F2N7O8S2/c1-23(2)31-20-60-37(46-31)30-17-34(28-14-15-33(58-4)24(3)35(28)45-30)59-26-16-32-36(52)48-42(39(54)49-61(56,57)27-12-13-27)18-25(42)10-8-6-5-7-9-11-29(38(53)51(32)19-26)47-40(55)50-21-41(43,44)22-50/h8,10,14-15,17,20,23,25-27,29,32H,5-7,9,11-13,16,18-19,21-22H2,1-4H3,(H,47,55)(H,48,52)(H,49,54)/b10-8-/t25-,26-,29+,32?,42?/m1/s1. The molecule has 2 saturated carbocycles. The highest BCUT2D eigenvalue weighted by atomic mass is 32.2. The van der Waals surface area contributed by atoms with E-state index in [4.69, 9.17) is 19.4 Å². The summed E-state index contributed by atoms with van der Waals surface area (Å²) in [5, 5.41) is 8.17. The first kappa shape index (κ1) is 42.8. The van der Waals surface area contributed by atoms with Gasteiger partial charge in [0.15, 0.2) is 0 Å². The number of thiazole rings is 1. The van der Waals surface area contributed by atoms with Gasteiger partial charge in [-0.25, -0.2) is 32.0 Å². The molecular formula is C42H51F2N7O8S2. The Labute approximate surface area is 357 Å². The van der Waals surface area contributed by atoms with Crippen molar-refractivity contribution in [2.45, 2.75) is 119 Å². The van der Waals surface area contributed by atoms with E-state index in [1.807, 2.05) is 30.5 Å². The van der Waals surface area contributed by atoms with E-state index in [9.17, 15) is 36.4 Å². The van der Waals surface area contributed by atoms with Gasteiger partial charge in [0.2, 0.25) is 21.8 Å². The van der Waals surface area contributed by atoms with Gasteiger partial charge in [0.1, 0.15) is 45.9 Å². The molecule has 3 aromatic rings. The van der Waals surface area contributed by atoms with Crippen molar-refractivity contribution in [2.24, 2.45) is 5.92 Å². The first-order valence-electron chi connectivity index (χ1n) is 20.9. The molecule has 2 aromatic heterocycles. The first-order valence-corrected chi connectivity index (χ1v) is 23.3. The van der Waals surface area contributed by atoms with E-state index in [1.54, 1.807) is 19.2 Å². The number of sulfonamides is 1. The molecule has 2 unspecified atom stereocenters. The Kier molecular flexibility index (Phi) is 11.5. The molecule has 19 heteroatoms. The zero-order valence-electron chi connectivity index (χ0n) is 34.5. The number of amides is 5. The molecule has 5 aliphatic rings. The lowest BCUT2D eigenvalue weighted by molar-refractivity contribution is -0.141. The van der Waals surface area contributed by atoms with Crippen LogP contribution in [-0.4, -0.2) is 114 Å². The van der Waals surface area contributed by atoms with Crippen molar-refractivity contribution in [3.63, 3.8) is 0 Å². The molecule has 0 bridgehead atoms. The predicted molar refractivity (Wildman–Crippen MR) is 223 cm³/mol. The van der Waals surface area contributed by atoms with Crippen molar-refractivity contribution in [3.8, 4) is 22.2 Å². The number of allylic oxidation sites excluding steroid dienone is 1. The number of fused-ring (bicyclic) bond motifs is 3. The van der Waals surface area contributed by atoms with Gasteiger partial charge in [-0.2, -0.15) is 0 Å². The Morgan fingerprint density at radius 1 is 1.07 bits per heavy atom. The molecule has 0 radical (unpaired) electrons. The number of urea groups is 1. The van der Waals surface area contributed by atoms with Gasteiger partial charge in [0.25, 0.3) is 11.8 Å². The maximum absolute atomic E-state index is 14.7. The Bertz CT molecular complexity index is 2380. The Morgan fingerprint density at radius 3 is 2.52 bits per heavy atom. The zero-order chi connectivity index (χ0) is 43.4. The number of alkyl halides is 2. The van der Waals surface area contributed by atoms with E-state index in [1.165, 1.54) is 16.2 Å². The van der Waals surface area contributed by atoms with Crippen LogP contribution < -0.4 is 24.8 Å². The maximum atomic E-state index is 14.7. The summed E-state index contributed by atoms with van der Waals surface area (Å²) >= 11 is 1.45. The van der Waals surface area contributed by atoms with Gasteiger partial charge in [-0.05, 0) is 63.5 Å². The van der Waals surface area contributed by atoms with Gasteiger partial charge in [0, 0.05) is 34.7 Å². The van der Waals surface area contributed by atoms with E-state index in [0.29, 0.717) is 71.6 Å². The number of methoxy groups -OCH3 is 1. The topological polar surface area (TPSA) is 189 Å². The van der Waals surface area contributed by atoms with Gasteiger partial charge in [-0.3, -0.25) is 19.1 Å². The van der Waals surface area contributed by atoms with Crippen LogP contribution in [0.2, 0.25) is 0 Å². The molecule has 328 valence electrons. The summed E-state index contributed by atoms with van der Waals surface area (Å²) in [5.41, 5.74) is 1.26. The number of aromatic nitrogens is 2. The average Bonchev–Trinajstić information content (AvgIpc) is 4.08. The highest BCUT2D eigenvalue weighted by Crippen LogP contribution is 2.46. The van der Waals surface area contributed by atoms with Crippen molar-refractivity contribution >= 4 is 56.0 Å². The van der Waals surface area contributed by atoms with Crippen LogP contribution in [0.3, 0.4) is 0 Å². The van der Waals surface area contributed by atoms with Gasteiger partial charge in [-0.15, -0.1) is 11.3 Å². The van der Waals surface area contributed by atoms with Gasteiger partial charge >= 0.3 is 6.03 Å². The van der Waals surface area contributed by atoms with Crippen LogP contribution in [0, 0.1) is 12.8 Å². The quantitative estimate of drug-likeness (QED) is 0.242. The van der Waals surface area contributed by atoms with Crippen LogP contribution in [0.1, 0.15) is 88.8 Å². The van der Waals surface area contributed by atoms with Crippen LogP contribution in [0.15, 0.2) is 35.7 Å². The smallest absolute Gasteiger partial charge is 0.318 e. The minimum Gasteiger partial charge on any atom is -0.496 e. The average molecular weight is 884 g/mol. The van der Waals surface area contributed by atoms with Crippen molar-refractivity contribution in [3.05, 3.63) is 47.0 Å². The number of aryl methyl sites for hydroxylation is 1. The summed E-state index contributed by atoms with van der Waals surface area (Å²) in [6.07, 6.45) is 6.67. The molecule has 4 fully saturated rings. The largest absolute Gasteiger partial charge is 0.496 e. The van der Waals surface area contributed by atoms with Gasteiger partial charge in [0.05, 0.1) is 43.2 Å². The van der Waals surface area contributed by atoms with E-state index in [-0.39, 0.29) is 31.7 Å². The van der Waals surface area contributed by atoms with Crippen LogP contribution >= 0.6 is 11.3 Å². The lowest BCUT2D eigenvalue weighted by Gasteiger charge is -2.39. The molecule has 15 nitrogen and oxygen atoms in total. The van der Waals surface area contributed by atoms with Crippen LogP contribution in [0.25, 0.3) is 21.6 Å². The van der Waals surface area contributed by atoms with Crippen molar-refractivity contribution < 1.29 is 45.9 Å². The molecule has 3 N–H and O–H groups in total. The van der Waals surface area contributed by atoms with Crippen LogP contribution in [0.4, 0.5) is 13.6 Å². The number of hydrogen-bond acceptors (Lipinski definition) is 11. The maximum Gasteiger partial charge on any atom is 0.318 e. The molecule has 0 spiro atoms. The second-order valence-corrected chi connectivity index (χ2v) is 20.1.